The zero-order valence-electron chi connectivity index (χ0n) is 12.5. The summed E-state index contributed by atoms with van der Waals surface area (Å²) in [7, 11) is 0. The summed E-state index contributed by atoms with van der Waals surface area (Å²) in [5.74, 6) is 3.12. The highest BCUT2D eigenvalue weighted by molar-refractivity contribution is 4.72. The molecular weight excluding hydrogens is 204 g/mol. The van der Waals surface area contributed by atoms with Crippen molar-refractivity contribution >= 4 is 0 Å². The first kappa shape index (κ1) is 15.1. The molecule has 1 aliphatic carbocycles. The molecular formula is C17H34. The van der Waals surface area contributed by atoms with Gasteiger partial charge in [0, 0.05) is 0 Å². The highest BCUT2D eigenvalue weighted by Gasteiger charge is 2.19. The third-order valence-electron chi connectivity index (χ3n) is 4.90. The van der Waals surface area contributed by atoms with Crippen LogP contribution in [-0.2, 0) is 0 Å². The second-order valence-electron chi connectivity index (χ2n) is 6.47. The minimum Gasteiger partial charge on any atom is -0.0654 e. The maximum atomic E-state index is 2.45. The van der Waals surface area contributed by atoms with Crippen molar-refractivity contribution in [2.24, 2.45) is 17.8 Å². The van der Waals surface area contributed by atoms with Gasteiger partial charge < -0.3 is 0 Å². The van der Waals surface area contributed by atoms with Crippen molar-refractivity contribution in [2.45, 2.75) is 91.4 Å². The van der Waals surface area contributed by atoms with Crippen molar-refractivity contribution in [3.05, 3.63) is 0 Å². The first-order chi connectivity index (χ1) is 8.26. The van der Waals surface area contributed by atoms with Gasteiger partial charge >= 0.3 is 0 Å². The first-order valence-corrected chi connectivity index (χ1v) is 8.26. The second kappa shape index (κ2) is 9.00. The quantitative estimate of drug-likeness (QED) is 0.472. The molecule has 0 heterocycles. The third kappa shape index (κ3) is 6.48. The average Bonchev–Trinajstić information content (AvgIpc) is 2.37. The molecule has 0 amide bonds. The Morgan fingerprint density at radius 2 is 1.47 bits per heavy atom. The van der Waals surface area contributed by atoms with Crippen LogP contribution in [0, 0.1) is 17.8 Å². The summed E-state index contributed by atoms with van der Waals surface area (Å²) in [6, 6.07) is 0. The van der Waals surface area contributed by atoms with Crippen LogP contribution in [0.5, 0.6) is 0 Å². The third-order valence-corrected chi connectivity index (χ3v) is 4.90. The lowest BCUT2D eigenvalue weighted by Crippen LogP contribution is -2.14. The lowest BCUT2D eigenvalue weighted by Gasteiger charge is -2.28. The molecule has 0 aromatic heterocycles. The van der Waals surface area contributed by atoms with Crippen LogP contribution in [0.1, 0.15) is 91.4 Å². The predicted octanol–water partition coefficient (Wildman–Crippen LogP) is 6.20. The van der Waals surface area contributed by atoms with Gasteiger partial charge in [-0.05, 0) is 17.8 Å². The van der Waals surface area contributed by atoms with Crippen molar-refractivity contribution in [3.8, 4) is 0 Å². The van der Waals surface area contributed by atoms with E-state index in [1.807, 2.05) is 0 Å². The molecule has 0 heteroatoms. The van der Waals surface area contributed by atoms with E-state index in [-0.39, 0.29) is 0 Å². The van der Waals surface area contributed by atoms with Crippen LogP contribution in [0.4, 0.5) is 0 Å². The van der Waals surface area contributed by atoms with Crippen molar-refractivity contribution in [1.82, 2.24) is 0 Å². The van der Waals surface area contributed by atoms with E-state index in [0.29, 0.717) is 0 Å². The van der Waals surface area contributed by atoms with Crippen LogP contribution in [0.3, 0.4) is 0 Å². The van der Waals surface area contributed by atoms with E-state index in [1.165, 1.54) is 70.6 Å². The summed E-state index contributed by atoms with van der Waals surface area (Å²) in [5, 5.41) is 0. The molecule has 0 aromatic carbocycles. The molecule has 0 radical (unpaired) electrons. The van der Waals surface area contributed by atoms with Gasteiger partial charge in [-0.25, -0.2) is 0 Å². The Morgan fingerprint density at radius 3 is 2.06 bits per heavy atom. The van der Waals surface area contributed by atoms with Gasteiger partial charge in [-0.2, -0.15) is 0 Å². The number of hydrogen-bond acceptors (Lipinski definition) is 0. The molecule has 1 aliphatic rings. The van der Waals surface area contributed by atoms with E-state index in [4.69, 9.17) is 0 Å². The van der Waals surface area contributed by atoms with Crippen molar-refractivity contribution in [1.29, 1.82) is 0 Å². The van der Waals surface area contributed by atoms with Crippen molar-refractivity contribution in [2.75, 3.05) is 0 Å². The van der Waals surface area contributed by atoms with Gasteiger partial charge in [0.25, 0.3) is 0 Å². The largest absolute Gasteiger partial charge is 0.0654 e. The Bertz CT molecular complexity index is 165. The van der Waals surface area contributed by atoms with Gasteiger partial charge in [-0.15, -0.1) is 0 Å². The molecule has 0 spiro atoms. The Balaban J connectivity index is 1.99. The standard InChI is InChI=1S/C17H34/c1-4-6-8-15(3)9-7-10-17-13-11-16(5-2)12-14-17/h15-17H,4-14H2,1-3H3. The van der Waals surface area contributed by atoms with Crippen LogP contribution in [0.25, 0.3) is 0 Å². The fourth-order valence-electron chi connectivity index (χ4n) is 3.38. The molecule has 0 aliphatic heterocycles. The number of hydrogen-bond donors (Lipinski definition) is 0. The number of unbranched alkanes of at least 4 members (excludes halogenated alkanes) is 1. The molecule has 102 valence electrons. The lowest BCUT2D eigenvalue weighted by atomic mass is 9.78. The fourth-order valence-corrected chi connectivity index (χ4v) is 3.38. The molecule has 1 saturated carbocycles. The molecule has 0 N–H and O–H groups in total. The van der Waals surface area contributed by atoms with E-state index < -0.39 is 0 Å². The molecule has 17 heavy (non-hydrogen) atoms. The van der Waals surface area contributed by atoms with E-state index >= 15 is 0 Å². The molecule has 1 fully saturated rings. The van der Waals surface area contributed by atoms with Crippen LogP contribution in [0.2, 0.25) is 0 Å². The Morgan fingerprint density at radius 1 is 0.882 bits per heavy atom. The monoisotopic (exact) mass is 238 g/mol. The fraction of sp³-hybridized carbons (Fsp3) is 1.00. The minimum absolute atomic E-state index is 0.974. The molecule has 0 nitrogen and oxygen atoms in total. The SMILES string of the molecule is CCCCC(C)CCCC1CCC(CC)CC1. The molecule has 1 rings (SSSR count). The normalized spacial score (nSPS) is 27.0. The van der Waals surface area contributed by atoms with Crippen molar-refractivity contribution < 1.29 is 0 Å². The van der Waals surface area contributed by atoms with E-state index in [1.54, 1.807) is 0 Å². The van der Waals surface area contributed by atoms with Gasteiger partial charge in [0.2, 0.25) is 0 Å². The lowest BCUT2D eigenvalue weighted by molar-refractivity contribution is 0.250. The van der Waals surface area contributed by atoms with E-state index in [9.17, 15) is 0 Å². The summed E-state index contributed by atoms with van der Waals surface area (Å²) in [5.41, 5.74) is 0. The molecule has 1 atom stereocenters. The topological polar surface area (TPSA) is 0 Å². The van der Waals surface area contributed by atoms with Gasteiger partial charge in [0.05, 0.1) is 0 Å². The smallest absolute Gasteiger partial charge is 0.0414 e. The van der Waals surface area contributed by atoms with Crippen LogP contribution < -0.4 is 0 Å². The average molecular weight is 238 g/mol. The van der Waals surface area contributed by atoms with Crippen molar-refractivity contribution in [3.63, 3.8) is 0 Å². The molecule has 1 unspecified atom stereocenters. The van der Waals surface area contributed by atoms with Gasteiger partial charge in [-0.1, -0.05) is 91.4 Å². The highest BCUT2D eigenvalue weighted by atomic mass is 14.2. The molecule has 0 bridgehead atoms. The van der Waals surface area contributed by atoms with E-state index in [0.717, 1.165) is 17.8 Å². The maximum absolute atomic E-state index is 2.45. The summed E-state index contributed by atoms with van der Waals surface area (Å²) in [6.07, 6.45) is 16.3. The second-order valence-corrected chi connectivity index (χ2v) is 6.47. The van der Waals surface area contributed by atoms with Gasteiger partial charge in [0.1, 0.15) is 0 Å². The Labute approximate surface area is 110 Å². The maximum Gasteiger partial charge on any atom is -0.0414 e. The molecule has 0 saturated heterocycles. The zero-order chi connectivity index (χ0) is 12.5. The van der Waals surface area contributed by atoms with Crippen LogP contribution in [0.15, 0.2) is 0 Å². The highest BCUT2D eigenvalue weighted by Crippen LogP contribution is 2.33. The summed E-state index contributed by atoms with van der Waals surface area (Å²) < 4.78 is 0. The molecule has 0 aromatic rings. The minimum atomic E-state index is 0.974. The van der Waals surface area contributed by atoms with Gasteiger partial charge in [0.15, 0.2) is 0 Å². The Hall–Kier alpha value is 0. The number of rotatable bonds is 8. The Kier molecular flexibility index (Phi) is 7.97. The van der Waals surface area contributed by atoms with Gasteiger partial charge in [-0.3, -0.25) is 0 Å². The van der Waals surface area contributed by atoms with Crippen LogP contribution in [-0.4, -0.2) is 0 Å². The zero-order valence-corrected chi connectivity index (χ0v) is 12.5. The summed E-state index contributed by atoms with van der Waals surface area (Å²) in [4.78, 5) is 0. The first-order valence-electron chi connectivity index (χ1n) is 8.26. The predicted molar refractivity (Wildman–Crippen MR) is 78.3 cm³/mol. The van der Waals surface area contributed by atoms with E-state index in [2.05, 4.69) is 20.8 Å². The summed E-state index contributed by atoms with van der Waals surface area (Å²) in [6.45, 7) is 7.11. The van der Waals surface area contributed by atoms with Crippen LogP contribution >= 0.6 is 0 Å². The summed E-state index contributed by atoms with van der Waals surface area (Å²) >= 11 is 0.